The minimum absolute atomic E-state index is 0.112. The van der Waals surface area contributed by atoms with E-state index in [0.717, 1.165) is 78.9 Å². The number of alkyl halides is 3. The number of carbonyl (C=O) groups excluding carboxylic acids is 1. The van der Waals surface area contributed by atoms with Gasteiger partial charge in [-0.1, -0.05) is 6.07 Å². The zero-order valence-corrected chi connectivity index (χ0v) is 21.2. The van der Waals surface area contributed by atoms with Gasteiger partial charge in [0, 0.05) is 49.2 Å². The summed E-state index contributed by atoms with van der Waals surface area (Å²) in [6, 6.07) is 7.82. The number of pyridine rings is 1. The first-order valence-electron chi connectivity index (χ1n) is 13.0. The van der Waals surface area contributed by atoms with Gasteiger partial charge in [0.2, 0.25) is 0 Å². The van der Waals surface area contributed by atoms with Crippen LogP contribution in [0.1, 0.15) is 45.6 Å². The molecule has 4 aromatic rings. The summed E-state index contributed by atoms with van der Waals surface area (Å²) in [4.78, 5) is 22.3. The van der Waals surface area contributed by atoms with Gasteiger partial charge in [-0.25, -0.2) is 4.98 Å². The van der Waals surface area contributed by atoms with Gasteiger partial charge in [-0.3, -0.25) is 14.8 Å². The molecule has 2 aliphatic rings. The second kappa shape index (κ2) is 9.67. The summed E-state index contributed by atoms with van der Waals surface area (Å²) >= 11 is 0. The Labute approximate surface area is 218 Å². The number of halogens is 3. The van der Waals surface area contributed by atoms with Crippen LogP contribution in [0.4, 0.5) is 18.9 Å². The van der Waals surface area contributed by atoms with Crippen LogP contribution < -0.4 is 5.32 Å². The first kappa shape index (κ1) is 24.8. The molecule has 6 rings (SSSR count). The van der Waals surface area contributed by atoms with E-state index in [9.17, 15) is 18.0 Å². The Balaban J connectivity index is 1.33. The van der Waals surface area contributed by atoms with Crippen molar-refractivity contribution in [2.24, 2.45) is 0 Å². The molecule has 2 aromatic heterocycles. The van der Waals surface area contributed by atoms with Gasteiger partial charge in [0.25, 0.3) is 5.91 Å². The van der Waals surface area contributed by atoms with E-state index in [-0.39, 0.29) is 23.5 Å². The maximum Gasteiger partial charge on any atom is 0.416 e. The first-order chi connectivity index (χ1) is 18.3. The fourth-order valence-corrected chi connectivity index (χ4v) is 5.73. The van der Waals surface area contributed by atoms with Gasteiger partial charge in [0.15, 0.2) is 0 Å². The van der Waals surface area contributed by atoms with Gasteiger partial charge >= 0.3 is 6.18 Å². The average Bonchev–Trinajstić information content (AvgIpc) is 3.38. The summed E-state index contributed by atoms with van der Waals surface area (Å²) in [6.07, 6.45) is 0.701. The van der Waals surface area contributed by atoms with Crippen LogP contribution in [0.5, 0.6) is 0 Å². The number of piperazine rings is 1. The predicted molar refractivity (Wildman–Crippen MR) is 140 cm³/mol. The van der Waals surface area contributed by atoms with Crippen molar-refractivity contribution in [2.75, 3.05) is 38.5 Å². The second-order valence-electron chi connectivity index (χ2n) is 10.3. The zero-order valence-electron chi connectivity index (χ0n) is 21.2. The molecule has 0 bridgehead atoms. The number of hydrogen-bond donors (Lipinski definition) is 2. The van der Waals surface area contributed by atoms with Gasteiger partial charge in [-0.15, -0.1) is 0 Å². The SMILES string of the molecule is CN1CCN(Cc2ccc(NC(=O)c3nc4ccc5[nH]ncc5c4c4c3CCCC4)cc2C(F)(F)F)CC1. The lowest BCUT2D eigenvalue weighted by atomic mass is 9.87. The lowest BCUT2D eigenvalue weighted by Gasteiger charge is -2.33. The molecule has 1 fully saturated rings. The van der Waals surface area contributed by atoms with Gasteiger partial charge in [-0.2, -0.15) is 18.3 Å². The minimum Gasteiger partial charge on any atom is -0.321 e. The molecule has 1 aliphatic carbocycles. The van der Waals surface area contributed by atoms with Crippen LogP contribution in [0.25, 0.3) is 21.8 Å². The average molecular weight is 523 g/mol. The number of aromatic amines is 1. The Kier molecular flexibility index (Phi) is 6.31. The number of hydrogen-bond acceptors (Lipinski definition) is 5. The molecule has 10 heteroatoms. The largest absolute Gasteiger partial charge is 0.416 e. The normalized spacial score (nSPS) is 17.2. The van der Waals surface area contributed by atoms with Gasteiger partial charge in [-0.05, 0) is 73.7 Å². The standard InChI is InChI=1S/C28H29F3N6O/c1-36-10-12-37(13-11-36)16-17-6-7-18(14-22(17)28(29,30)31)33-27(38)26-20-5-3-2-4-19(20)25-21-15-32-35-23(21)8-9-24(25)34-26/h6-9,14-15H,2-5,10-13,16H2,1H3,(H,32,35)(H,33,38). The Morgan fingerprint density at radius 2 is 1.82 bits per heavy atom. The molecular formula is C28H29F3N6O. The van der Waals surface area contributed by atoms with Crippen molar-refractivity contribution in [1.82, 2.24) is 25.0 Å². The van der Waals surface area contributed by atoms with E-state index in [0.29, 0.717) is 11.9 Å². The quantitative estimate of drug-likeness (QED) is 0.394. The van der Waals surface area contributed by atoms with Crippen molar-refractivity contribution in [1.29, 1.82) is 0 Å². The number of carbonyl (C=O) groups is 1. The van der Waals surface area contributed by atoms with Crippen LogP contribution in [0.15, 0.2) is 36.5 Å². The molecule has 1 amide bonds. The highest BCUT2D eigenvalue weighted by Gasteiger charge is 2.34. The van der Waals surface area contributed by atoms with Crippen LogP contribution >= 0.6 is 0 Å². The van der Waals surface area contributed by atoms with E-state index in [1.165, 1.54) is 6.07 Å². The topological polar surface area (TPSA) is 77.1 Å². The van der Waals surface area contributed by atoms with Crippen molar-refractivity contribution in [2.45, 2.75) is 38.4 Å². The maximum absolute atomic E-state index is 14.0. The number of likely N-dealkylation sites (N-methyl/N-ethyl adjacent to an activating group) is 1. The molecule has 2 N–H and O–H groups in total. The van der Waals surface area contributed by atoms with E-state index in [1.54, 1.807) is 12.3 Å². The molecule has 1 saturated heterocycles. The lowest BCUT2D eigenvalue weighted by molar-refractivity contribution is -0.138. The smallest absolute Gasteiger partial charge is 0.321 e. The van der Waals surface area contributed by atoms with Crippen molar-refractivity contribution in [3.63, 3.8) is 0 Å². The highest BCUT2D eigenvalue weighted by molar-refractivity contribution is 6.11. The molecule has 1 aliphatic heterocycles. The number of rotatable bonds is 4. The molecule has 0 atom stereocenters. The fraction of sp³-hybridized carbons (Fsp3) is 0.393. The first-order valence-corrected chi connectivity index (χ1v) is 13.0. The van der Waals surface area contributed by atoms with E-state index in [4.69, 9.17) is 4.98 Å². The molecule has 0 unspecified atom stereocenters. The number of H-pyrrole nitrogens is 1. The number of fused-ring (bicyclic) bond motifs is 5. The molecule has 198 valence electrons. The third kappa shape index (κ3) is 4.63. The summed E-state index contributed by atoms with van der Waals surface area (Å²) in [5, 5.41) is 11.8. The summed E-state index contributed by atoms with van der Waals surface area (Å²) in [7, 11) is 2.01. The van der Waals surface area contributed by atoms with E-state index >= 15 is 0 Å². The van der Waals surface area contributed by atoms with Crippen LogP contribution in [0.3, 0.4) is 0 Å². The molecule has 0 radical (unpaired) electrons. The Morgan fingerprint density at radius 3 is 2.58 bits per heavy atom. The molecule has 0 saturated carbocycles. The Morgan fingerprint density at radius 1 is 1.05 bits per heavy atom. The highest BCUT2D eigenvalue weighted by atomic mass is 19.4. The Hall–Kier alpha value is -3.50. The second-order valence-corrected chi connectivity index (χ2v) is 10.3. The van der Waals surface area contributed by atoms with Crippen LogP contribution in [-0.4, -0.2) is 64.1 Å². The van der Waals surface area contributed by atoms with Gasteiger partial charge in [0.1, 0.15) is 5.69 Å². The van der Waals surface area contributed by atoms with Crippen molar-refractivity contribution < 1.29 is 18.0 Å². The van der Waals surface area contributed by atoms with Crippen molar-refractivity contribution >= 4 is 33.4 Å². The highest BCUT2D eigenvalue weighted by Crippen LogP contribution is 2.36. The molecule has 7 nitrogen and oxygen atoms in total. The van der Waals surface area contributed by atoms with E-state index in [1.807, 2.05) is 24.1 Å². The van der Waals surface area contributed by atoms with Crippen LogP contribution in [-0.2, 0) is 25.6 Å². The molecule has 38 heavy (non-hydrogen) atoms. The number of nitrogens with zero attached hydrogens (tertiary/aromatic N) is 4. The fourth-order valence-electron chi connectivity index (χ4n) is 5.73. The predicted octanol–water partition coefficient (Wildman–Crippen LogP) is 5.01. The molecular weight excluding hydrogens is 493 g/mol. The number of anilines is 1. The minimum atomic E-state index is -4.53. The number of aromatic nitrogens is 3. The van der Waals surface area contributed by atoms with Gasteiger partial charge < -0.3 is 10.2 Å². The molecule has 0 spiro atoms. The summed E-state index contributed by atoms with van der Waals surface area (Å²) < 4.78 is 42.1. The van der Waals surface area contributed by atoms with E-state index in [2.05, 4.69) is 20.4 Å². The third-order valence-corrected chi connectivity index (χ3v) is 7.77. The number of nitrogens with one attached hydrogen (secondary N) is 2. The zero-order chi connectivity index (χ0) is 26.4. The third-order valence-electron chi connectivity index (χ3n) is 7.77. The molecule has 3 heterocycles. The monoisotopic (exact) mass is 522 g/mol. The van der Waals surface area contributed by atoms with E-state index < -0.39 is 17.6 Å². The molecule has 2 aromatic carbocycles. The number of benzene rings is 2. The van der Waals surface area contributed by atoms with Crippen LogP contribution in [0, 0.1) is 0 Å². The lowest BCUT2D eigenvalue weighted by Crippen LogP contribution is -2.44. The van der Waals surface area contributed by atoms with Crippen LogP contribution in [0.2, 0.25) is 0 Å². The summed E-state index contributed by atoms with van der Waals surface area (Å²) in [5.41, 5.74) is 3.43. The van der Waals surface area contributed by atoms with Crippen molar-refractivity contribution in [3.05, 3.63) is 64.5 Å². The summed E-state index contributed by atoms with van der Waals surface area (Å²) in [6.45, 7) is 3.31. The Bertz CT molecular complexity index is 1520. The maximum atomic E-state index is 14.0. The van der Waals surface area contributed by atoms with Gasteiger partial charge in [0.05, 0.1) is 22.8 Å². The number of aryl methyl sites for hydroxylation is 1. The number of amides is 1. The van der Waals surface area contributed by atoms with Crippen molar-refractivity contribution in [3.8, 4) is 0 Å². The summed E-state index contributed by atoms with van der Waals surface area (Å²) in [5.74, 6) is -0.489.